The molecular weight excluding hydrogens is 314 g/mol. The average Bonchev–Trinajstić information content (AvgIpc) is 2.67. The van der Waals surface area contributed by atoms with Crippen molar-refractivity contribution in [2.45, 2.75) is 0 Å². The minimum absolute atomic E-state index is 0.182. The third-order valence-electron chi connectivity index (χ3n) is 3.98. The molecule has 1 heterocycles. The molecule has 0 aliphatic carbocycles. The smallest absolute Gasteiger partial charge is 0.141 e. The van der Waals surface area contributed by atoms with Crippen molar-refractivity contribution in [3.63, 3.8) is 0 Å². The van der Waals surface area contributed by atoms with Gasteiger partial charge in [-0.25, -0.2) is 4.98 Å². The highest BCUT2D eigenvalue weighted by molar-refractivity contribution is 5.92. The maximum Gasteiger partial charge on any atom is 0.141 e. The second-order valence-corrected chi connectivity index (χ2v) is 5.35. The van der Waals surface area contributed by atoms with Crippen molar-refractivity contribution < 1.29 is 9.47 Å². The van der Waals surface area contributed by atoms with Crippen LogP contribution >= 0.6 is 0 Å². The van der Waals surface area contributed by atoms with Crippen molar-refractivity contribution in [2.24, 2.45) is 0 Å². The van der Waals surface area contributed by atoms with Crippen LogP contribution in [0.4, 0.5) is 5.82 Å². The zero-order valence-corrected chi connectivity index (χ0v) is 14.0. The SMILES string of the molecule is COc1ccc(OC)c(-c2c(-c3ccccc3)cnc(N)c2C#N)c1. The van der Waals surface area contributed by atoms with Gasteiger partial charge in [-0.1, -0.05) is 30.3 Å². The van der Waals surface area contributed by atoms with Crippen LogP contribution in [0.1, 0.15) is 5.56 Å². The number of ether oxygens (including phenoxy) is 2. The summed E-state index contributed by atoms with van der Waals surface area (Å²) in [6.45, 7) is 0. The van der Waals surface area contributed by atoms with Gasteiger partial charge in [-0.05, 0) is 23.8 Å². The van der Waals surface area contributed by atoms with E-state index in [9.17, 15) is 5.26 Å². The van der Waals surface area contributed by atoms with Gasteiger partial charge < -0.3 is 15.2 Å². The highest BCUT2D eigenvalue weighted by Gasteiger charge is 2.20. The fourth-order valence-corrected chi connectivity index (χ4v) is 2.76. The summed E-state index contributed by atoms with van der Waals surface area (Å²) >= 11 is 0. The van der Waals surface area contributed by atoms with Gasteiger partial charge in [0, 0.05) is 22.9 Å². The van der Waals surface area contributed by atoms with Crippen LogP contribution < -0.4 is 15.2 Å². The highest BCUT2D eigenvalue weighted by atomic mass is 16.5. The van der Waals surface area contributed by atoms with E-state index < -0.39 is 0 Å². The molecule has 0 amide bonds. The first-order valence-electron chi connectivity index (χ1n) is 7.66. The maximum absolute atomic E-state index is 9.68. The zero-order valence-electron chi connectivity index (χ0n) is 14.0. The Hall–Kier alpha value is -3.52. The van der Waals surface area contributed by atoms with Crippen molar-refractivity contribution in [1.29, 1.82) is 5.26 Å². The van der Waals surface area contributed by atoms with Gasteiger partial charge in [0.05, 0.1) is 14.2 Å². The van der Waals surface area contributed by atoms with Crippen molar-refractivity contribution >= 4 is 5.82 Å². The number of methoxy groups -OCH3 is 2. The van der Waals surface area contributed by atoms with Crippen LogP contribution in [0.3, 0.4) is 0 Å². The van der Waals surface area contributed by atoms with Crippen molar-refractivity contribution in [1.82, 2.24) is 4.98 Å². The van der Waals surface area contributed by atoms with Crippen molar-refractivity contribution in [3.8, 4) is 39.8 Å². The number of nitriles is 1. The second kappa shape index (κ2) is 6.93. The van der Waals surface area contributed by atoms with Gasteiger partial charge in [-0.2, -0.15) is 5.26 Å². The Bertz CT molecular complexity index is 947. The predicted molar refractivity (Wildman–Crippen MR) is 97.3 cm³/mol. The number of pyridine rings is 1. The highest BCUT2D eigenvalue weighted by Crippen LogP contribution is 2.42. The first-order chi connectivity index (χ1) is 12.2. The van der Waals surface area contributed by atoms with E-state index in [4.69, 9.17) is 15.2 Å². The number of aromatic nitrogens is 1. The number of nitrogens with two attached hydrogens (primary N) is 1. The number of nitrogen functional groups attached to an aromatic ring is 1. The lowest BCUT2D eigenvalue weighted by atomic mass is 9.91. The van der Waals surface area contributed by atoms with E-state index in [0.29, 0.717) is 22.6 Å². The Morgan fingerprint density at radius 1 is 1.00 bits per heavy atom. The molecular formula is C20H17N3O2. The molecule has 0 saturated carbocycles. The molecule has 3 aromatic rings. The van der Waals surface area contributed by atoms with E-state index in [0.717, 1.165) is 16.7 Å². The normalized spacial score (nSPS) is 10.1. The van der Waals surface area contributed by atoms with Gasteiger partial charge in [0.15, 0.2) is 0 Å². The molecule has 5 heteroatoms. The van der Waals surface area contributed by atoms with Crippen LogP contribution in [-0.4, -0.2) is 19.2 Å². The first kappa shape index (κ1) is 16.3. The van der Waals surface area contributed by atoms with Crippen LogP contribution in [0.25, 0.3) is 22.3 Å². The van der Waals surface area contributed by atoms with E-state index in [1.54, 1.807) is 32.5 Å². The number of rotatable bonds is 4. The number of nitrogens with zero attached hydrogens (tertiary/aromatic N) is 2. The Labute approximate surface area is 146 Å². The number of anilines is 1. The number of benzene rings is 2. The quantitative estimate of drug-likeness (QED) is 0.784. The summed E-state index contributed by atoms with van der Waals surface area (Å²) in [6, 6.07) is 17.4. The first-order valence-corrected chi connectivity index (χ1v) is 7.66. The standard InChI is InChI=1S/C20H17N3O2/c1-24-14-8-9-18(25-2)15(10-14)19-16(11-21)20(22)23-12-17(19)13-6-4-3-5-7-13/h3-10,12H,1-2H3,(H2,22,23). The van der Waals surface area contributed by atoms with Gasteiger partial charge in [-0.3, -0.25) is 0 Å². The van der Waals surface area contributed by atoms with E-state index in [1.165, 1.54) is 0 Å². The fourth-order valence-electron chi connectivity index (χ4n) is 2.76. The van der Waals surface area contributed by atoms with E-state index in [-0.39, 0.29) is 5.82 Å². The molecule has 0 saturated heterocycles. The lowest BCUT2D eigenvalue weighted by Gasteiger charge is -2.16. The predicted octanol–water partition coefficient (Wildman–Crippen LogP) is 3.89. The summed E-state index contributed by atoms with van der Waals surface area (Å²) in [5.74, 6) is 1.47. The molecule has 2 N–H and O–H groups in total. The van der Waals surface area contributed by atoms with Crippen molar-refractivity contribution in [3.05, 3.63) is 60.3 Å². The summed E-state index contributed by atoms with van der Waals surface area (Å²) in [4.78, 5) is 4.19. The third-order valence-corrected chi connectivity index (χ3v) is 3.98. The number of hydrogen-bond donors (Lipinski definition) is 1. The van der Waals surface area contributed by atoms with E-state index >= 15 is 0 Å². The topological polar surface area (TPSA) is 81.2 Å². The van der Waals surface area contributed by atoms with E-state index in [2.05, 4.69) is 11.1 Å². The van der Waals surface area contributed by atoms with Crippen LogP contribution in [0.5, 0.6) is 11.5 Å². The summed E-state index contributed by atoms with van der Waals surface area (Å²) in [6.07, 6.45) is 1.68. The molecule has 0 radical (unpaired) electrons. The molecule has 2 aromatic carbocycles. The van der Waals surface area contributed by atoms with Crippen LogP contribution in [0, 0.1) is 11.3 Å². The molecule has 0 aliphatic heterocycles. The number of hydrogen-bond acceptors (Lipinski definition) is 5. The van der Waals surface area contributed by atoms with Crippen molar-refractivity contribution in [2.75, 3.05) is 20.0 Å². The fraction of sp³-hybridized carbons (Fsp3) is 0.100. The van der Waals surface area contributed by atoms with Crippen LogP contribution in [0.2, 0.25) is 0 Å². The molecule has 0 atom stereocenters. The summed E-state index contributed by atoms with van der Waals surface area (Å²) < 4.78 is 10.8. The monoisotopic (exact) mass is 331 g/mol. The molecule has 1 aromatic heterocycles. The largest absolute Gasteiger partial charge is 0.497 e. The Kier molecular flexibility index (Phi) is 4.53. The molecule has 124 valence electrons. The lowest BCUT2D eigenvalue weighted by molar-refractivity contribution is 0.404. The van der Waals surface area contributed by atoms with Gasteiger partial charge in [0.25, 0.3) is 0 Å². The van der Waals surface area contributed by atoms with Crippen LogP contribution in [0.15, 0.2) is 54.7 Å². The lowest BCUT2D eigenvalue weighted by Crippen LogP contribution is -2.01. The summed E-state index contributed by atoms with van der Waals surface area (Å²) in [5.41, 5.74) is 9.43. The average molecular weight is 331 g/mol. The summed E-state index contributed by atoms with van der Waals surface area (Å²) in [7, 11) is 3.18. The van der Waals surface area contributed by atoms with Crippen LogP contribution in [-0.2, 0) is 0 Å². The Morgan fingerprint density at radius 2 is 1.76 bits per heavy atom. The molecule has 5 nitrogen and oxygen atoms in total. The summed E-state index contributed by atoms with van der Waals surface area (Å²) in [5, 5.41) is 9.68. The molecule has 3 rings (SSSR count). The second-order valence-electron chi connectivity index (χ2n) is 5.35. The van der Waals surface area contributed by atoms with Gasteiger partial charge >= 0.3 is 0 Å². The maximum atomic E-state index is 9.68. The van der Waals surface area contributed by atoms with Gasteiger partial charge in [-0.15, -0.1) is 0 Å². The molecule has 0 aliphatic rings. The molecule has 0 bridgehead atoms. The molecule has 0 fully saturated rings. The third kappa shape index (κ3) is 2.98. The van der Waals surface area contributed by atoms with E-state index in [1.807, 2.05) is 36.4 Å². The molecule has 0 spiro atoms. The zero-order chi connectivity index (χ0) is 17.8. The Morgan fingerprint density at radius 3 is 2.40 bits per heavy atom. The van der Waals surface area contributed by atoms with Gasteiger partial charge in [0.2, 0.25) is 0 Å². The van der Waals surface area contributed by atoms with Gasteiger partial charge in [0.1, 0.15) is 28.9 Å². The molecule has 0 unspecified atom stereocenters. The Balaban J connectivity index is 2.39. The minimum atomic E-state index is 0.182. The minimum Gasteiger partial charge on any atom is -0.497 e. The molecule has 25 heavy (non-hydrogen) atoms.